The van der Waals surface area contributed by atoms with Crippen LogP contribution in [0.3, 0.4) is 0 Å². The van der Waals surface area contributed by atoms with Gasteiger partial charge in [-0.15, -0.1) is 5.10 Å². The molecule has 1 fully saturated rings. The predicted molar refractivity (Wildman–Crippen MR) is 67.5 cm³/mol. The Morgan fingerprint density at radius 2 is 2.35 bits per heavy atom. The van der Waals surface area contributed by atoms with E-state index in [2.05, 4.69) is 34.4 Å². The van der Waals surface area contributed by atoms with Crippen LogP contribution in [0, 0.1) is 5.92 Å². The first-order valence-electron chi connectivity index (χ1n) is 6.50. The standard InChI is InChI=1S/C12H23N5/c1-4-13-12-5-6-17(7-10(12)2)9-11-8-16(3)15-14-11/h8,10,12-13H,4-7,9H2,1-3H3. The lowest BCUT2D eigenvalue weighted by molar-refractivity contribution is 0.140. The third-order valence-corrected chi connectivity index (χ3v) is 3.49. The Hall–Kier alpha value is -0.940. The zero-order chi connectivity index (χ0) is 12.3. The SMILES string of the molecule is CCNC1CCN(Cc2cn(C)nn2)CC1C. The van der Waals surface area contributed by atoms with E-state index < -0.39 is 0 Å². The zero-order valence-electron chi connectivity index (χ0n) is 11.1. The second-order valence-corrected chi connectivity index (χ2v) is 5.05. The van der Waals surface area contributed by atoms with Crippen molar-refractivity contribution in [1.29, 1.82) is 0 Å². The molecule has 2 heterocycles. The average Bonchev–Trinajstić information content (AvgIpc) is 2.68. The molecular formula is C12H23N5. The van der Waals surface area contributed by atoms with E-state index in [1.54, 1.807) is 4.68 Å². The summed E-state index contributed by atoms with van der Waals surface area (Å²) in [5.74, 6) is 0.709. The van der Waals surface area contributed by atoms with Crippen LogP contribution < -0.4 is 5.32 Å². The quantitative estimate of drug-likeness (QED) is 0.834. The number of rotatable bonds is 4. The minimum Gasteiger partial charge on any atom is -0.314 e. The molecule has 5 nitrogen and oxygen atoms in total. The van der Waals surface area contributed by atoms with Gasteiger partial charge in [0.15, 0.2) is 0 Å². The zero-order valence-corrected chi connectivity index (χ0v) is 11.1. The van der Waals surface area contributed by atoms with Crippen LogP contribution in [-0.4, -0.2) is 45.6 Å². The van der Waals surface area contributed by atoms with Crippen LogP contribution in [0.2, 0.25) is 0 Å². The van der Waals surface area contributed by atoms with Crippen molar-refractivity contribution in [1.82, 2.24) is 25.2 Å². The highest BCUT2D eigenvalue weighted by atomic mass is 15.4. The van der Waals surface area contributed by atoms with Crippen molar-refractivity contribution in [2.24, 2.45) is 13.0 Å². The van der Waals surface area contributed by atoms with E-state index >= 15 is 0 Å². The number of aromatic nitrogens is 3. The first-order chi connectivity index (χ1) is 8.19. The highest BCUT2D eigenvalue weighted by Gasteiger charge is 2.25. The summed E-state index contributed by atoms with van der Waals surface area (Å²) in [5, 5.41) is 11.7. The maximum Gasteiger partial charge on any atom is 0.0967 e. The largest absolute Gasteiger partial charge is 0.314 e. The molecule has 0 aliphatic carbocycles. The van der Waals surface area contributed by atoms with Crippen LogP contribution in [0.4, 0.5) is 0 Å². The average molecular weight is 237 g/mol. The topological polar surface area (TPSA) is 46.0 Å². The Morgan fingerprint density at radius 1 is 1.53 bits per heavy atom. The van der Waals surface area contributed by atoms with Gasteiger partial charge in [-0.25, -0.2) is 0 Å². The molecule has 1 aromatic heterocycles. The molecule has 1 N–H and O–H groups in total. The van der Waals surface area contributed by atoms with Gasteiger partial charge in [0, 0.05) is 38.9 Å². The maximum absolute atomic E-state index is 4.15. The fraction of sp³-hybridized carbons (Fsp3) is 0.833. The van der Waals surface area contributed by atoms with Crippen LogP contribution in [-0.2, 0) is 13.6 Å². The van der Waals surface area contributed by atoms with Crippen LogP contribution >= 0.6 is 0 Å². The van der Waals surface area contributed by atoms with E-state index in [0.29, 0.717) is 12.0 Å². The summed E-state index contributed by atoms with van der Waals surface area (Å²) in [6, 6.07) is 0.679. The number of aryl methyl sites for hydroxylation is 1. The lowest BCUT2D eigenvalue weighted by Gasteiger charge is -2.36. The number of piperidine rings is 1. The molecule has 0 bridgehead atoms. The van der Waals surface area contributed by atoms with E-state index in [-0.39, 0.29) is 0 Å². The second kappa shape index (κ2) is 5.60. The van der Waals surface area contributed by atoms with Gasteiger partial charge >= 0.3 is 0 Å². The number of likely N-dealkylation sites (tertiary alicyclic amines) is 1. The summed E-state index contributed by atoms with van der Waals surface area (Å²) in [5.41, 5.74) is 1.07. The monoisotopic (exact) mass is 237 g/mol. The van der Waals surface area contributed by atoms with Crippen LogP contribution in [0.25, 0.3) is 0 Å². The molecule has 0 radical (unpaired) electrons. The molecule has 1 aliphatic rings. The summed E-state index contributed by atoms with van der Waals surface area (Å²) in [6.45, 7) is 8.80. The van der Waals surface area contributed by atoms with Crippen molar-refractivity contribution < 1.29 is 0 Å². The molecule has 2 rings (SSSR count). The number of hydrogen-bond acceptors (Lipinski definition) is 4. The van der Waals surface area contributed by atoms with Gasteiger partial charge in [0.25, 0.3) is 0 Å². The Labute approximate surface area is 103 Å². The molecule has 0 aromatic carbocycles. The van der Waals surface area contributed by atoms with Gasteiger partial charge in [-0.3, -0.25) is 9.58 Å². The van der Waals surface area contributed by atoms with E-state index in [0.717, 1.165) is 31.9 Å². The van der Waals surface area contributed by atoms with Crippen LogP contribution in [0.1, 0.15) is 26.0 Å². The van der Waals surface area contributed by atoms with Gasteiger partial charge in [-0.1, -0.05) is 19.1 Å². The molecular weight excluding hydrogens is 214 g/mol. The van der Waals surface area contributed by atoms with Crippen molar-refractivity contribution in [2.45, 2.75) is 32.9 Å². The lowest BCUT2D eigenvalue weighted by Crippen LogP contribution is -2.47. The van der Waals surface area contributed by atoms with E-state index in [4.69, 9.17) is 0 Å². The highest BCUT2D eigenvalue weighted by Crippen LogP contribution is 2.18. The molecule has 96 valence electrons. The van der Waals surface area contributed by atoms with Gasteiger partial charge in [0.1, 0.15) is 0 Å². The van der Waals surface area contributed by atoms with Gasteiger partial charge in [-0.2, -0.15) is 0 Å². The second-order valence-electron chi connectivity index (χ2n) is 5.05. The minimum absolute atomic E-state index is 0.679. The minimum atomic E-state index is 0.679. The predicted octanol–water partition coefficient (Wildman–Crippen LogP) is 0.635. The highest BCUT2D eigenvalue weighted by molar-refractivity contribution is 4.93. The number of hydrogen-bond donors (Lipinski definition) is 1. The first kappa shape index (κ1) is 12.5. The van der Waals surface area contributed by atoms with Crippen LogP contribution in [0.5, 0.6) is 0 Å². The van der Waals surface area contributed by atoms with E-state index in [1.165, 1.54) is 6.42 Å². The van der Waals surface area contributed by atoms with E-state index in [9.17, 15) is 0 Å². The van der Waals surface area contributed by atoms with Crippen molar-refractivity contribution in [3.63, 3.8) is 0 Å². The summed E-state index contributed by atoms with van der Waals surface area (Å²) >= 11 is 0. The van der Waals surface area contributed by atoms with Gasteiger partial charge < -0.3 is 5.32 Å². The van der Waals surface area contributed by atoms with Crippen molar-refractivity contribution in [3.8, 4) is 0 Å². The molecule has 5 heteroatoms. The molecule has 1 saturated heterocycles. The first-order valence-corrected chi connectivity index (χ1v) is 6.50. The molecule has 2 unspecified atom stereocenters. The molecule has 1 aromatic rings. The Kier molecular flexibility index (Phi) is 4.12. The van der Waals surface area contributed by atoms with Gasteiger partial charge in [0.2, 0.25) is 0 Å². The lowest BCUT2D eigenvalue weighted by atomic mass is 9.94. The van der Waals surface area contributed by atoms with Gasteiger partial charge in [-0.05, 0) is 18.9 Å². The molecule has 0 saturated carbocycles. The van der Waals surface area contributed by atoms with Crippen LogP contribution in [0.15, 0.2) is 6.20 Å². The summed E-state index contributed by atoms with van der Waals surface area (Å²) in [4.78, 5) is 2.47. The van der Waals surface area contributed by atoms with Crippen molar-refractivity contribution >= 4 is 0 Å². The third-order valence-electron chi connectivity index (χ3n) is 3.49. The Morgan fingerprint density at radius 3 is 2.94 bits per heavy atom. The molecule has 2 atom stereocenters. The fourth-order valence-corrected chi connectivity index (χ4v) is 2.64. The summed E-state index contributed by atoms with van der Waals surface area (Å²) in [6.07, 6.45) is 3.23. The normalized spacial score (nSPS) is 26.3. The van der Waals surface area contributed by atoms with Crippen molar-refractivity contribution in [3.05, 3.63) is 11.9 Å². The smallest absolute Gasteiger partial charge is 0.0967 e. The van der Waals surface area contributed by atoms with Crippen molar-refractivity contribution in [2.75, 3.05) is 19.6 Å². The van der Waals surface area contributed by atoms with E-state index in [1.807, 2.05) is 13.2 Å². The molecule has 0 spiro atoms. The molecule has 0 amide bonds. The summed E-state index contributed by atoms with van der Waals surface area (Å²) < 4.78 is 1.77. The number of nitrogens with zero attached hydrogens (tertiary/aromatic N) is 4. The summed E-state index contributed by atoms with van der Waals surface area (Å²) in [7, 11) is 1.91. The maximum atomic E-state index is 4.15. The Balaban J connectivity index is 1.85. The Bertz CT molecular complexity index is 348. The fourth-order valence-electron chi connectivity index (χ4n) is 2.64. The molecule has 17 heavy (non-hydrogen) atoms. The molecule has 1 aliphatic heterocycles. The number of nitrogens with one attached hydrogen (secondary N) is 1. The third kappa shape index (κ3) is 3.26. The van der Waals surface area contributed by atoms with Gasteiger partial charge in [0.05, 0.1) is 5.69 Å².